The third-order valence-electron chi connectivity index (χ3n) is 3.18. The summed E-state index contributed by atoms with van der Waals surface area (Å²) in [6.45, 7) is 1.89. The minimum absolute atomic E-state index is 0.187. The Morgan fingerprint density at radius 1 is 1.38 bits per heavy atom. The molecule has 1 amide bonds. The first-order valence-corrected chi connectivity index (χ1v) is 6.96. The monoisotopic (exact) mass is 304 g/mol. The molecule has 1 aromatic rings. The molecule has 5 nitrogen and oxygen atoms in total. The predicted molar refractivity (Wildman–Crippen MR) is 83.3 cm³/mol. The second kappa shape index (κ2) is 6.49. The summed E-state index contributed by atoms with van der Waals surface area (Å²) in [7, 11) is 1.27. The molecule has 2 rings (SSSR count). The molecule has 0 spiro atoms. The van der Waals surface area contributed by atoms with Crippen molar-refractivity contribution >= 4 is 35.3 Å². The van der Waals surface area contributed by atoms with Crippen molar-refractivity contribution in [2.75, 3.05) is 13.7 Å². The molecule has 1 N–H and O–H groups in total. The molecule has 0 aromatic heterocycles. The number of rotatable bonds is 4. The maximum absolute atomic E-state index is 12.2. The number of ether oxygens (including phenoxy) is 1. The lowest BCUT2D eigenvalue weighted by molar-refractivity contribution is -0.143. The number of nitrogens with one attached hydrogen (secondary N) is 1. The fourth-order valence-corrected chi connectivity index (χ4v) is 2.18. The number of amides is 1. The van der Waals surface area contributed by atoms with Crippen LogP contribution < -0.4 is 5.32 Å². The van der Waals surface area contributed by atoms with E-state index in [-0.39, 0.29) is 17.6 Å². The molecule has 0 aliphatic carbocycles. The Morgan fingerprint density at radius 2 is 2.05 bits per heavy atom. The number of methoxy groups -OCH3 is 1. The summed E-state index contributed by atoms with van der Waals surface area (Å²) in [5.74, 6) is -0.842. The molecule has 21 heavy (non-hydrogen) atoms. The number of thiocarbonyl (C=S) groups is 1. The number of benzene rings is 1. The van der Waals surface area contributed by atoms with Crippen molar-refractivity contribution in [1.29, 1.82) is 0 Å². The lowest BCUT2D eigenvalue weighted by atomic mass is 10.1. The van der Waals surface area contributed by atoms with Crippen LogP contribution in [0.25, 0.3) is 6.08 Å². The van der Waals surface area contributed by atoms with E-state index < -0.39 is 5.97 Å². The van der Waals surface area contributed by atoms with Crippen LogP contribution in [0.4, 0.5) is 0 Å². The van der Waals surface area contributed by atoms with Crippen molar-refractivity contribution in [3.63, 3.8) is 0 Å². The number of carbonyl (C=O) groups excluding carboxylic acids is 2. The quantitative estimate of drug-likeness (QED) is 0.519. The largest absolute Gasteiger partial charge is 0.468 e. The number of nitrogens with zero attached hydrogens (tertiary/aromatic N) is 1. The van der Waals surface area contributed by atoms with Crippen LogP contribution in [0.1, 0.15) is 18.1 Å². The SMILES string of the molecule is CCc1ccc(/C=C2\NC(=S)N(CC(=O)OC)C2=O)cc1. The Hall–Kier alpha value is -2.21. The number of hydrogen-bond donors (Lipinski definition) is 1. The Morgan fingerprint density at radius 3 is 2.62 bits per heavy atom. The third-order valence-corrected chi connectivity index (χ3v) is 3.50. The molecule has 1 heterocycles. The summed E-state index contributed by atoms with van der Waals surface area (Å²) in [5.41, 5.74) is 2.48. The van der Waals surface area contributed by atoms with Crippen LogP contribution >= 0.6 is 12.2 Å². The number of aryl methyl sites for hydroxylation is 1. The van der Waals surface area contributed by atoms with E-state index in [1.165, 1.54) is 17.6 Å². The van der Waals surface area contributed by atoms with Crippen LogP contribution in [-0.2, 0) is 20.7 Å². The normalized spacial score (nSPS) is 16.3. The van der Waals surface area contributed by atoms with Crippen LogP contribution in [0, 0.1) is 0 Å². The fourth-order valence-electron chi connectivity index (χ4n) is 1.93. The van der Waals surface area contributed by atoms with Gasteiger partial charge in [0.2, 0.25) is 0 Å². The molecule has 6 heteroatoms. The average molecular weight is 304 g/mol. The van der Waals surface area contributed by atoms with Crippen molar-refractivity contribution in [3.8, 4) is 0 Å². The van der Waals surface area contributed by atoms with Gasteiger partial charge in [0.15, 0.2) is 5.11 Å². The zero-order valence-corrected chi connectivity index (χ0v) is 12.7. The maximum atomic E-state index is 12.2. The average Bonchev–Trinajstić information content (AvgIpc) is 2.75. The Kier molecular flexibility index (Phi) is 4.70. The van der Waals surface area contributed by atoms with Crippen molar-refractivity contribution < 1.29 is 14.3 Å². The molecule has 0 atom stereocenters. The van der Waals surface area contributed by atoms with Crippen molar-refractivity contribution in [2.24, 2.45) is 0 Å². The van der Waals surface area contributed by atoms with Gasteiger partial charge in [0.05, 0.1) is 7.11 Å². The molecule has 0 saturated carbocycles. The standard InChI is InChI=1S/C15H16N2O3S/c1-3-10-4-6-11(7-5-10)8-12-14(19)17(15(21)16-12)9-13(18)20-2/h4-8H,3,9H2,1-2H3,(H,16,21)/b12-8-. The second-order valence-electron chi connectivity index (χ2n) is 4.55. The third kappa shape index (κ3) is 3.46. The van der Waals surface area contributed by atoms with Crippen molar-refractivity contribution in [2.45, 2.75) is 13.3 Å². The molecule has 1 saturated heterocycles. The minimum atomic E-state index is -0.513. The highest BCUT2D eigenvalue weighted by atomic mass is 32.1. The highest BCUT2D eigenvalue weighted by Gasteiger charge is 2.32. The zero-order chi connectivity index (χ0) is 15.4. The number of hydrogen-bond acceptors (Lipinski definition) is 4. The van der Waals surface area contributed by atoms with E-state index in [0.717, 1.165) is 12.0 Å². The fraction of sp³-hybridized carbons (Fsp3) is 0.267. The highest BCUT2D eigenvalue weighted by Crippen LogP contribution is 2.15. The summed E-state index contributed by atoms with van der Waals surface area (Å²) in [4.78, 5) is 24.7. The first-order valence-electron chi connectivity index (χ1n) is 6.55. The first kappa shape index (κ1) is 15.2. The Balaban J connectivity index is 2.17. The van der Waals surface area contributed by atoms with E-state index in [0.29, 0.717) is 5.70 Å². The molecule has 110 valence electrons. The van der Waals surface area contributed by atoms with E-state index in [1.54, 1.807) is 6.08 Å². The van der Waals surface area contributed by atoms with Gasteiger partial charge >= 0.3 is 5.97 Å². The number of esters is 1. The molecule has 1 aliphatic rings. The van der Waals surface area contributed by atoms with Gasteiger partial charge in [0.1, 0.15) is 12.2 Å². The van der Waals surface area contributed by atoms with E-state index in [4.69, 9.17) is 12.2 Å². The van der Waals surface area contributed by atoms with Gasteiger partial charge in [-0.25, -0.2) is 0 Å². The number of carbonyl (C=O) groups is 2. The molecule has 0 radical (unpaired) electrons. The molecule has 1 aliphatic heterocycles. The Bertz CT molecular complexity index is 608. The van der Waals surface area contributed by atoms with Crippen molar-refractivity contribution in [3.05, 3.63) is 41.1 Å². The molecule has 1 aromatic carbocycles. The van der Waals surface area contributed by atoms with E-state index in [2.05, 4.69) is 17.0 Å². The lowest BCUT2D eigenvalue weighted by Gasteiger charge is -2.11. The maximum Gasteiger partial charge on any atom is 0.325 e. The van der Waals surface area contributed by atoms with Gasteiger partial charge in [-0.1, -0.05) is 31.2 Å². The summed E-state index contributed by atoms with van der Waals surface area (Å²) in [5, 5.41) is 3.03. The van der Waals surface area contributed by atoms with Crippen LogP contribution in [0.5, 0.6) is 0 Å². The second-order valence-corrected chi connectivity index (χ2v) is 4.94. The van der Waals surface area contributed by atoms with E-state index >= 15 is 0 Å². The highest BCUT2D eigenvalue weighted by molar-refractivity contribution is 7.80. The predicted octanol–water partition coefficient (Wildman–Crippen LogP) is 1.48. The molecular formula is C15H16N2O3S. The van der Waals surface area contributed by atoms with Gasteiger partial charge in [-0.3, -0.25) is 14.5 Å². The van der Waals surface area contributed by atoms with Gasteiger partial charge in [0.25, 0.3) is 5.91 Å². The molecular weight excluding hydrogens is 288 g/mol. The molecule has 0 unspecified atom stereocenters. The topological polar surface area (TPSA) is 58.6 Å². The van der Waals surface area contributed by atoms with Gasteiger partial charge < -0.3 is 10.1 Å². The van der Waals surface area contributed by atoms with Gasteiger partial charge in [-0.05, 0) is 35.8 Å². The van der Waals surface area contributed by atoms with E-state index in [9.17, 15) is 9.59 Å². The van der Waals surface area contributed by atoms with Crippen LogP contribution in [0.2, 0.25) is 0 Å². The molecule has 0 bridgehead atoms. The van der Waals surface area contributed by atoms with Gasteiger partial charge in [-0.15, -0.1) is 0 Å². The summed E-state index contributed by atoms with van der Waals surface area (Å²) in [6.07, 6.45) is 2.68. The summed E-state index contributed by atoms with van der Waals surface area (Å²) >= 11 is 5.06. The minimum Gasteiger partial charge on any atom is -0.468 e. The van der Waals surface area contributed by atoms with Gasteiger partial charge in [0, 0.05) is 0 Å². The van der Waals surface area contributed by atoms with E-state index in [1.807, 2.05) is 24.3 Å². The van der Waals surface area contributed by atoms with Gasteiger partial charge in [-0.2, -0.15) is 0 Å². The van der Waals surface area contributed by atoms with Crippen molar-refractivity contribution in [1.82, 2.24) is 10.2 Å². The summed E-state index contributed by atoms with van der Waals surface area (Å²) in [6, 6.07) is 7.90. The smallest absolute Gasteiger partial charge is 0.325 e. The summed E-state index contributed by atoms with van der Waals surface area (Å²) < 4.78 is 4.55. The molecule has 1 fully saturated rings. The zero-order valence-electron chi connectivity index (χ0n) is 11.9. The van der Waals surface area contributed by atoms with Crippen LogP contribution in [0.3, 0.4) is 0 Å². The van der Waals surface area contributed by atoms with Crippen LogP contribution in [0.15, 0.2) is 30.0 Å². The first-order chi connectivity index (χ1) is 10.0. The lowest BCUT2D eigenvalue weighted by Crippen LogP contribution is -2.35. The van der Waals surface area contributed by atoms with Crippen LogP contribution in [-0.4, -0.2) is 35.5 Å². The Labute approximate surface area is 128 Å².